The first-order valence-corrected chi connectivity index (χ1v) is 10.4. The Morgan fingerprint density at radius 2 is 2.03 bits per heavy atom. The Bertz CT molecular complexity index is 1160. The quantitative estimate of drug-likeness (QED) is 0.494. The second kappa shape index (κ2) is 8.19. The number of hydrogen-bond donors (Lipinski definition) is 2. The van der Waals surface area contributed by atoms with Crippen molar-refractivity contribution in [3.05, 3.63) is 54.4 Å². The van der Waals surface area contributed by atoms with Crippen LogP contribution in [0.4, 0.5) is 9.93 Å². The maximum absolute atomic E-state index is 12.2. The van der Waals surface area contributed by atoms with Crippen LogP contribution in [0, 0.1) is 0 Å². The Morgan fingerprint density at radius 3 is 2.77 bits per heavy atom. The Morgan fingerprint density at radius 1 is 1.17 bits per heavy atom. The Balaban J connectivity index is 1.34. The molecule has 0 aliphatic heterocycles. The molecule has 4 aromatic rings. The van der Waals surface area contributed by atoms with Crippen LogP contribution in [0.25, 0.3) is 21.3 Å². The van der Waals surface area contributed by atoms with E-state index in [-0.39, 0.29) is 11.4 Å². The van der Waals surface area contributed by atoms with Crippen LogP contribution in [-0.4, -0.2) is 32.7 Å². The van der Waals surface area contributed by atoms with Gasteiger partial charge in [0.2, 0.25) is 5.89 Å². The number of benzene rings is 1. The zero-order valence-corrected chi connectivity index (χ0v) is 17.8. The number of nitrogens with zero attached hydrogens (tertiary/aromatic N) is 4. The van der Waals surface area contributed by atoms with Gasteiger partial charge in [0.15, 0.2) is 11.0 Å². The van der Waals surface area contributed by atoms with Crippen LogP contribution in [0.15, 0.2) is 47.2 Å². The van der Waals surface area contributed by atoms with E-state index in [0.717, 1.165) is 21.3 Å². The molecule has 0 fully saturated rings. The van der Waals surface area contributed by atoms with E-state index in [9.17, 15) is 4.79 Å². The van der Waals surface area contributed by atoms with Gasteiger partial charge in [0.05, 0.1) is 10.2 Å². The molecule has 0 spiro atoms. The number of hydrogen-bond acceptors (Lipinski definition) is 7. The van der Waals surface area contributed by atoms with Gasteiger partial charge in [-0.25, -0.2) is 9.78 Å². The summed E-state index contributed by atoms with van der Waals surface area (Å²) in [4.78, 5) is 25.2. The molecule has 3 heterocycles. The highest BCUT2D eigenvalue weighted by Gasteiger charge is 2.21. The maximum atomic E-state index is 12.2. The molecule has 0 bridgehead atoms. The lowest BCUT2D eigenvalue weighted by Crippen LogP contribution is -2.30. The van der Waals surface area contributed by atoms with Gasteiger partial charge in [0.25, 0.3) is 0 Å². The molecular weight excluding hydrogens is 400 g/mol. The van der Waals surface area contributed by atoms with Crippen molar-refractivity contribution in [1.29, 1.82) is 0 Å². The first-order valence-electron chi connectivity index (χ1n) is 9.57. The van der Waals surface area contributed by atoms with Crippen molar-refractivity contribution in [3.8, 4) is 11.1 Å². The fourth-order valence-electron chi connectivity index (χ4n) is 2.78. The fraction of sp³-hybridized carbons (Fsp3) is 0.286. The van der Waals surface area contributed by atoms with E-state index < -0.39 is 0 Å². The van der Waals surface area contributed by atoms with Gasteiger partial charge in [0.1, 0.15) is 0 Å². The van der Waals surface area contributed by atoms with Gasteiger partial charge in [-0.15, -0.1) is 0 Å². The summed E-state index contributed by atoms with van der Waals surface area (Å²) in [5, 5.41) is 10.1. The molecule has 2 amide bonds. The normalized spacial score (nSPS) is 11.6. The molecule has 0 saturated heterocycles. The lowest BCUT2D eigenvalue weighted by molar-refractivity contribution is 0.252. The number of urea groups is 1. The number of carbonyl (C=O) groups is 1. The number of amides is 2. The molecule has 0 unspecified atom stereocenters. The number of aromatic nitrogens is 4. The van der Waals surface area contributed by atoms with Crippen molar-refractivity contribution in [2.75, 3.05) is 11.9 Å². The lowest BCUT2D eigenvalue weighted by Gasteiger charge is -2.10. The summed E-state index contributed by atoms with van der Waals surface area (Å²) in [5.41, 5.74) is 2.74. The number of fused-ring (bicyclic) bond motifs is 1. The molecule has 4 rings (SSSR count). The van der Waals surface area contributed by atoms with E-state index >= 15 is 0 Å². The highest BCUT2D eigenvalue weighted by atomic mass is 32.1. The van der Waals surface area contributed by atoms with Crippen LogP contribution in [0.2, 0.25) is 0 Å². The third-order valence-corrected chi connectivity index (χ3v) is 5.28. The van der Waals surface area contributed by atoms with Gasteiger partial charge >= 0.3 is 6.03 Å². The summed E-state index contributed by atoms with van der Waals surface area (Å²) in [6.45, 7) is 6.42. The highest BCUT2D eigenvalue weighted by molar-refractivity contribution is 7.22. The lowest BCUT2D eigenvalue weighted by atomic mass is 9.97. The van der Waals surface area contributed by atoms with Crippen molar-refractivity contribution >= 4 is 32.7 Å². The molecule has 0 aliphatic rings. The van der Waals surface area contributed by atoms with E-state index in [2.05, 4.69) is 36.8 Å². The van der Waals surface area contributed by atoms with Crippen LogP contribution in [-0.2, 0) is 11.8 Å². The topological polar surface area (TPSA) is 106 Å². The molecular formula is C21H22N6O2S. The standard InChI is InChI=1S/C21H22N6O2S/c1-21(2,3)18-25-17(27-29-18)8-10-23-19(28)26-20-24-15-7-6-13(11-16(15)30-20)14-5-4-9-22-12-14/h4-7,9,11-12H,8,10H2,1-3H3,(H2,23,24,26,28). The second-order valence-electron chi connectivity index (χ2n) is 7.84. The molecule has 1 aromatic carbocycles. The van der Waals surface area contributed by atoms with Crippen LogP contribution in [0.3, 0.4) is 0 Å². The van der Waals surface area contributed by atoms with Crippen LogP contribution in [0.5, 0.6) is 0 Å². The zero-order chi connectivity index (χ0) is 21.1. The van der Waals surface area contributed by atoms with Crippen molar-refractivity contribution in [3.63, 3.8) is 0 Å². The monoisotopic (exact) mass is 422 g/mol. The van der Waals surface area contributed by atoms with E-state index in [1.54, 1.807) is 6.20 Å². The van der Waals surface area contributed by atoms with Gasteiger partial charge in [-0.1, -0.05) is 49.4 Å². The zero-order valence-electron chi connectivity index (χ0n) is 17.0. The average Bonchev–Trinajstić information content (AvgIpc) is 3.34. The summed E-state index contributed by atoms with van der Waals surface area (Å²) >= 11 is 1.43. The fourth-order valence-corrected chi connectivity index (χ4v) is 3.68. The summed E-state index contributed by atoms with van der Waals surface area (Å²) in [6.07, 6.45) is 4.06. The molecule has 8 nitrogen and oxygen atoms in total. The van der Waals surface area contributed by atoms with E-state index in [1.807, 2.05) is 51.2 Å². The number of rotatable bonds is 5. The summed E-state index contributed by atoms with van der Waals surface area (Å²) < 4.78 is 6.25. The molecule has 2 N–H and O–H groups in total. The molecule has 154 valence electrons. The largest absolute Gasteiger partial charge is 0.339 e. The van der Waals surface area contributed by atoms with Crippen LogP contribution in [0.1, 0.15) is 32.5 Å². The molecule has 3 aromatic heterocycles. The predicted octanol–water partition coefficient (Wildman–Crippen LogP) is 4.40. The minimum Gasteiger partial charge on any atom is -0.339 e. The van der Waals surface area contributed by atoms with Crippen molar-refractivity contribution in [2.45, 2.75) is 32.6 Å². The van der Waals surface area contributed by atoms with E-state index in [0.29, 0.717) is 29.8 Å². The van der Waals surface area contributed by atoms with Crippen molar-refractivity contribution < 1.29 is 9.32 Å². The Hall–Kier alpha value is -3.33. The number of nitrogens with one attached hydrogen (secondary N) is 2. The molecule has 0 atom stereocenters. The SMILES string of the molecule is CC(C)(C)c1nc(CCNC(=O)Nc2nc3ccc(-c4cccnc4)cc3s2)no1. The summed E-state index contributed by atoms with van der Waals surface area (Å²) in [6, 6.07) is 9.59. The Labute approximate surface area is 177 Å². The maximum Gasteiger partial charge on any atom is 0.321 e. The molecule has 0 radical (unpaired) electrons. The summed E-state index contributed by atoms with van der Waals surface area (Å²) in [5.74, 6) is 1.16. The minimum absolute atomic E-state index is 0.195. The average molecular weight is 423 g/mol. The first kappa shape index (κ1) is 20.0. The van der Waals surface area contributed by atoms with Gasteiger partial charge in [0, 0.05) is 36.3 Å². The highest BCUT2D eigenvalue weighted by Crippen LogP contribution is 2.30. The van der Waals surface area contributed by atoms with Gasteiger partial charge in [-0.05, 0) is 23.8 Å². The third-order valence-electron chi connectivity index (χ3n) is 4.35. The van der Waals surface area contributed by atoms with Gasteiger partial charge in [-0.3, -0.25) is 10.3 Å². The van der Waals surface area contributed by atoms with Crippen molar-refractivity contribution in [2.24, 2.45) is 0 Å². The molecule has 0 saturated carbocycles. The molecule has 0 aliphatic carbocycles. The minimum atomic E-state index is -0.318. The molecule has 9 heteroatoms. The summed E-state index contributed by atoms with van der Waals surface area (Å²) in [7, 11) is 0. The van der Waals surface area contributed by atoms with E-state index in [1.165, 1.54) is 11.3 Å². The molecule has 30 heavy (non-hydrogen) atoms. The number of thiazole rings is 1. The van der Waals surface area contributed by atoms with Crippen molar-refractivity contribution in [1.82, 2.24) is 25.4 Å². The first-order chi connectivity index (χ1) is 14.4. The smallest absolute Gasteiger partial charge is 0.321 e. The van der Waals surface area contributed by atoms with Crippen LogP contribution < -0.4 is 10.6 Å². The van der Waals surface area contributed by atoms with Crippen LogP contribution >= 0.6 is 11.3 Å². The predicted molar refractivity (Wildman–Crippen MR) is 117 cm³/mol. The number of carbonyl (C=O) groups excluding carboxylic acids is 1. The number of anilines is 1. The second-order valence-corrected chi connectivity index (χ2v) is 8.87. The van der Waals surface area contributed by atoms with Gasteiger partial charge < -0.3 is 9.84 Å². The Kier molecular flexibility index (Phi) is 5.45. The van der Waals surface area contributed by atoms with E-state index in [4.69, 9.17) is 4.52 Å². The van der Waals surface area contributed by atoms with Gasteiger partial charge in [-0.2, -0.15) is 4.98 Å². The third kappa shape index (κ3) is 4.62. The number of pyridine rings is 1.